The Labute approximate surface area is 260 Å². The maximum absolute atomic E-state index is 13.4. The summed E-state index contributed by atoms with van der Waals surface area (Å²) in [6.45, 7) is 10.9. The van der Waals surface area contributed by atoms with E-state index >= 15 is 0 Å². The van der Waals surface area contributed by atoms with E-state index in [1.807, 2.05) is 74.5 Å². The van der Waals surface area contributed by atoms with Gasteiger partial charge in [0.2, 0.25) is 9.84 Å². The number of benzene rings is 4. The lowest BCUT2D eigenvalue weighted by Gasteiger charge is -2.12. The molecule has 0 atom stereocenters. The quantitative estimate of drug-likeness (QED) is 0.0834. The molecule has 0 saturated carbocycles. The van der Waals surface area contributed by atoms with Crippen LogP contribution in [0.1, 0.15) is 30.5 Å². The van der Waals surface area contributed by atoms with E-state index in [-0.39, 0.29) is 23.0 Å². The molecule has 0 radical (unpaired) electrons. The van der Waals surface area contributed by atoms with Crippen molar-refractivity contribution in [3.05, 3.63) is 114 Å². The van der Waals surface area contributed by atoms with Gasteiger partial charge in [-0.05, 0) is 96.6 Å². The molecule has 0 aromatic heterocycles. The van der Waals surface area contributed by atoms with Gasteiger partial charge in [0, 0.05) is 17.7 Å². The van der Waals surface area contributed by atoms with E-state index < -0.39 is 15.8 Å². The van der Waals surface area contributed by atoms with Crippen LogP contribution < -0.4 is 4.74 Å². The van der Waals surface area contributed by atoms with Crippen LogP contribution in [0.15, 0.2) is 107 Å². The molecule has 0 aliphatic heterocycles. The normalized spacial score (nSPS) is 11.3. The predicted octanol–water partition coefficient (Wildman–Crippen LogP) is 7.34. The fourth-order valence-corrected chi connectivity index (χ4v) is 5.84. The van der Waals surface area contributed by atoms with Crippen LogP contribution in [0.5, 0.6) is 5.75 Å². The number of ether oxygens (including phenoxy) is 4. The van der Waals surface area contributed by atoms with E-state index in [0.29, 0.717) is 25.4 Å². The van der Waals surface area contributed by atoms with Crippen LogP contribution >= 0.6 is 0 Å². The molecular weight excluding hydrogens is 576 g/mol. The van der Waals surface area contributed by atoms with Crippen molar-refractivity contribution in [1.82, 2.24) is 0 Å². The minimum atomic E-state index is -3.71. The number of sulfone groups is 1. The third kappa shape index (κ3) is 8.02. The molecule has 0 heterocycles. The standard InChI is InChI=1S/C36H38O7S/c1-6-41-24-32-22-30(13-18-35(32)40-5)28-11-16-34(17-12-28)44(38,39)33-14-9-27(10-15-33)29-8-7-26(4)31(21-29)23-42-19-20-43-36(37)25(2)3/h7-18,21-22H,2,6,19-20,23-24H2,1,3-5H3. The highest BCUT2D eigenvalue weighted by molar-refractivity contribution is 7.91. The Morgan fingerprint density at radius 2 is 1.25 bits per heavy atom. The number of rotatable bonds is 14. The molecule has 8 heteroatoms. The lowest BCUT2D eigenvalue weighted by Crippen LogP contribution is -2.11. The fourth-order valence-electron chi connectivity index (χ4n) is 4.58. The molecule has 0 bridgehead atoms. The average Bonchev–Trinajstić information content (AvgIpc) is 3.04. The Morgan fingerprint density at radius 3 is 1.80 bits per heavy atom. The number of carbonyl (C=O) groups is 1. The van der Waals surface area contributed by atoms with Crippen molar-refractivity contribution in [2.24, 2.45) is 0 Å². The summed E-state index contributed by atoms with van der Waals surface area (Å²) in [7, 11) is -2.09. The lowest BCUT2D eigenvalue weighted by atomic mass is 10.0. The summed E-state index contributed by atoms with van der Waals surface area (Å²) < 4.78 is 48.7. The third-order valence-corrected chi connectivity index (χ3v) is 8.94. The van der Waals surface area contributed by atoms with Gasteiger partial charge in [0.1, 0.15) is 12.4 Å². The van der Waals surface area contributed by atoms with Crippen molar-refractivity contribution >= 4 is 15.8 Å². The van der Waals surface area contributed by atoms with E-state index in [0.717, 1.165) is 44.7 Å². The molecule has 44 heavy (non-hydrogen) atoms. The lowest BCUT2D eigenvalue weighted by molar-refractivity contribution is -0.140. The van der Waals surface area contributed by atoms with Crippen LogP contribution in [0.3, 0.4) is 0 Å². The van der Waals surface area contributed by atoms with Gasteiger partial charge in [0.15, 0.2) is 0 Å². The first kappa shape index (κ1) is 32.7. The smallest absolute Gasteiger partial charge is 0.333 e. The van der Waals surface area contributed by atoms with E-state index in [1.54, 1.807) is 38.3 Å². The molecule has 0 spiro atoms. The molecule has 0 N–H and O–H groups in total. The van der Waals surface area contributed by atoms with E-state index in [4.69, 9.17) is 18.9 Å². The summed E-state index contributed by atoms with van der Waals surface area (Å²) in [4.78, 5) is 11.9. The molecule has 7 nitrogen and oxygen atoms in total. The number of hydrogen-bond acceptors (Lipinski definition) is 7. The summed E-state index contributed by atoms with van der Waals surface area (Å²) in [5.74, 6) is 0.314. The van der Waals surface area contributed by atoms with Crippen LogP contribution in [-0.2, 0) is 42.1 Å². The first-order valence-corrected chi connectivity index (χ1v) is 15.8. The second kappa shape index (κ2) is 15.0. The van der Waals surface area contributed by atoms with E-state index in [2.05, 4.69) is 6.58 Å². The maximum atomic E-state index is 13.4. The summed E-state index contributed by atoms with van der Waals surface area (Å²) in [6, 6.07) is 25.6. The van der Waals surface area contributed by atoms with Crippen LogP contribution in [0.4, 0.5) is 0 Å². The monoisotopic (exact) mass is 614 g/mol. The topological polar surface area (TPSA) is 88.1 Å². The summed E-state index contributed by atoms with van der Waals surface area (Å²) >= 11 is 0. The molecule has 0 saturated heterocycles. The number of esters is 1. The largest absolute Gasteiger partial charge is 0.496 e. The molecule has 0 aliphatic rings. The fraction of sp³-hybridized carbons (Fsp3) is 0.250. The molecule has 0 amide bonds. The second-order valence-corrected chi connectivity index (χ2v) is 12.3. The van der Waals surface area contributed by atoms with Crippen LogP contribution in [0.2, 0.25) is 0 Å². The first-order valence-electron chi connectivity index (χ1n) is 14.3. The van der Waals surface area contributed by atoms with Gasteiger partial charge in [-0.15, -0.1) is 0 Å². The van der Waals surface area contributed by atoms with E-state index in [9.17, 15) is 13.2 Å². The molecule has 4 aromatic rings. The number of carbonyl (C=O) groups excluding carboxylic acids is 1. The Kier molecular flexibility index (Phi) is 11.1. The van der Waals surface area contributed by atoms with Crippen LogP contribution in [0.25, 0.3) is 22.3 Å². The number of methoxy groups -OCH3 is 1. The Morgan fingerprint density at radius 1 is 0.727 bits per heavy atom. The predicted molar refractivity (Wildman–Crippen MR) is 171 cm³/mol. The zero-order valence-electron chi connectivity index (χ0n) is 25.6. The first-order chi connectivity index (χ1) is 21.1. The summed E-state index contributed by atoms with van der Waals surface area (Å²) in [5, 5.41) is 0. The van der Waals surface area contributed by atoms with Gasteiger partial charge in [0.25, 0.3) is 0 Å². The van der Waals surface area contributed by atoms with Gasteiger partial charge < -0.3 is 18.9 Å². The summed E-state index contributed by atoms with van der Waals surface area (Å²) in [6.07, 6.45) is 0. The van der Waals surface area contributed by atoms with Crippen LogP contribution in [0, 0.1) is 6.92 Å². The van der Waals surface area contributed by atoms with Gasteiger partial charge >= 0.3 is 5.97 Å². The van der Waals surface area contributed by atoms with Crippen molar-refractivity contribution < 1.29 is 32.2 Å². The van der Waals surface area contributed by atoms with Crippen molar-refractivity contribution in [3.63, 3.8) is 0 Å². The number of aryl methyl sites for hydroxylation is 1. The minimum absolute atomic E-state index is 0.153. The minimum Gasteiger partial charge on any atom is -0.496 e. The highest BCUT2D eigenvalue weighted by Crippen LogP contribution is 2.30. The molecule has 230 valence electrons. The summed E-state index contributed by atoms with van der Waals surface area (Å²) in [5.41, 5.74) is 7.01. The van der Waals surface area contributed by atoms with Crippen LogP contribution in [-0.4, -0.2) is 41.3 Å². The van der Waals surface area contributed by atoms with E-state index in [1.165, 1.54) is 0 Å². The molecule has 4 aromatic carbocycles. The SMILES string of the molecule is C=C(C)C(=O)OCCOCc1cc(-c2ccc(S(=O)(=O)c3ccc(-c4ccc(OC)c(COCC)c4)cc3)cc2)ccc1C. The van der Waals surface area contributed by atoms with Crippen molar-refractivity contribution in [2.75, 3.05) is 26.9 Å². The van der Waals surface area contributed by atoms with Gasteiger partial charge in [-0.1, -0.05) is 49.0 Å². The van der Waals surface area contributed by atoms with Crippen molar-refractivity contribution in [3.8, 4) is 28.0 Å². The highest BCUT2D eigenvalue weighted by Gasteiger charge is 2.18. The average molecular weight is 615 g/mol. The molecule has 4 rings (SSSR count). The van der Waals surface area contributed by atoms with Gasteiger partial charge in [-0.25, -0.2) is 13.2 Å². The number of hydrogen-bond donors (Lipinski definition) is 0. The zero-order valence-corrected chi connectivity index (χ0v) is 26.4. The molecule has 0 unspecified atom stereocenters. The Balaban J connectivity index is 1.45. The molecule has 0 aliphatic carbocycles. The third-order valence-electron chi connectivity index (χ3n) is 7.15. The maximum Gasteiger partial charge on any atom is 0.333 e. The van der Waals surface area contributed by atoms with Crippen molar-refractivity contribution in [1.29, 1.82) is 0 Å². The zero-order chi connectivity index (χ0) is 31.7. The molecular formula is C36H38O7S. The Hall–Kier alpha value is -4.24. The highest BCUT2D eigenvalue weighted by atomic mass is 32.2. The van der Waals surface area contributed by atoms with Gasteiger partial charge in [-0.2, -0.15) is 0 Å². The molecule has 0 fully saturated rings. The second-order valence-electron chi connectivity index (χ2n) is 10.3. The van der Waals surface area contributed by atoms with Crippen molar-refractivity contribution in [2.45, 2.75) is 43.8 Å². The van der Waals surface area contributed by atoms with Gasteiger partial charge in [0.05, 0.1) is 36.7 Å². The Bertz CT molecular complexity index is 1710. The van der Waals surface area contributed by atoms with Gasteiger partial charge in [-0.3, -0.25) is 0 Å².